The van der Waals surface area contributed by atoms with Crippen LogP contribution in [0, 0.1) is 0 Å². The molecule has 0 spiro atoms. The molecule has 0 amide bonds. The summed E-state index contributed by atoms with van der Waals surface area (Å²) in [6.07, 6.45) is 8.26. The lowest BCUT2D eigenvalue weighted by molar-refractivity contribution is 0.674. The zero-order chi connectivity index (χ0) is 9.94. The van der Waals surface area contributed by atoms with Crippen molar-refractivity contribution in [2.75, 3.05) is 13.1 Å². The summed E-state index contributed by atoms with van der Waals surface area (Å²) < 4.78 is 0. The van der Waals surface area contributed by atoms with Crippen LogP contribution in [0.15, 0.2) is 28.9 Å². The summed E-state index contributed by atoms with van der Waals surface area (Å²) in [7, 11) is 0. The maximum absolute atomic E-state index is 3.67. The van der Waals surface area contributed by atoms with Crippen LogP contribution in [0.4, 0.5) is 0 Å². The Labute approximate surface area is 81.5 Å². The predicted molar refractivity (Wildman–Crippen MR) is 60.2 cm³/mol. The van der Waals surface area contributed by atoms with Crippen LogP contribution < -0.4 is 5.32 Å². The van der Waals surface area contributed by atoms with E-state index in [1.807, 2.05) is 13.0 Å². The van der Waals surface area contributed by atoms with Crippen LogP contribution in [-0.2, 0) is 0 Å². The largest absolute Gasteiger partial charge is 0.313 e. The standard InChI is InChI=1S/C11H20N2/c1-4-6-8-13-10-11(5-2)7-9-12-3/h5,7,9,13H,3-4,6,8,10H2,1-2H3. The molecule has 0 aromatic heterocycles. The van der Waals surface area contributed by atoms with Crippen molar-refractivity contribution >= 4 is 6.72 Å². The minimum Gasteiger partial charge on any atom is -0.313 e. The first-order valence-electron chi connectivity index (χ1n) is 4.83. The number of rotatable bonds is 7. The zero-order valence-corrected chi connectivity index (χ0v) is 8.71. The molecule has 2 heteroatoms. The lowest BCUT2D eigenvalue weighted by Gasteiger charge is -2.03. The summed E-state index contributed by atoms with van der Waals surface area (Å²) >= 11 is 0. The summed E-state index contributed by atoms with van der Waals surface area (Å²) in [5.74, 6) is 0. The Morgan fingerprint density at radius 1 is 1.54 bits per heavy atom. The third kappa shape index (κ3) is 7.47. The molecule has 74 valence electrons. The Morgan fingerprint density at radius 3 is 2.85 bits per heavy atom. The number of nitrogens with one attached hydrogen (secondary N) is 1. The Kier molecular flexibility index (Phi) is 8.57. The summed E-state index contributed by atoms with van der Waals surface area (Å²) in [5.41, 5.74) is 1.25. The van der Waals surface area contributed by atoms with Crippen LogP contribution >= 0.6 is 0 Å². The van der Waals surface area contributed by atoms with Crippen molar-refractivity contribution in [3.63, 3.8) is 0 Å². The van der Waals surface area contributed by atoms with E-state index in [0.717, 1.165) is 13.1 Å². The monoisotopic (exact) mass is 180 g/mol. The first kappa shape index (κ1) is 12.1. The van der Waals surface area contributed by atoms with E-state index in [4.69, 9.17) is 0 Å². The van der Waals surface area contributed by atoms with Gasteiger partial charge in [-0.25, -0.2) is 0 Å². The van der Waals surface area contributed by atoms with Gasteiger partial charge in [0.15, 0.2) is 0 Å². The third-order valence-electron chi connectivity index (χ3n) is 1.80. The molecular weight excluding hydrogens is 160 g/mol. The van der Waals surface area contributed by atoms with Gasteiger partial charge in [0.1, 0.15) is 0 Å². The Balaban J connectivity index is 3.61. The molecule has 0 fully saturated rings. The molecule has 0 aliphatic carbocycles. The second kappa shape index (κ2) is 9.20. The number of nitrogens with zero attached hydrogens (tertiary/aromatic N) is 1. The van der Waals surface area contributed by atoms with Crippen molar-refractivity contribution in [2.24, 2.45) is 4.99 Å². The van der Waals surface area contributed by atoms with Crippen molar-refractivity contribution in [1.29, 1.82) is 0 Å². The van der Waals surface area contributed by atoms with E-state index in [1.54, 1.807) is 6.20 Å². The molecule has 0 atom stereocenters. The Morgan fingerprint density at radius 2 is 2.31 bits per heavy atom. The van der Waals surface area contributed by atoms with Crippen LogP contribution in [-0.4, -0.2) is 19.8 Å². The lowest BCUT2D eigenvalue weighted by atomic mass is 10.2. The van der Waals surface area contributed by atoms with Crippen molar-refractivity contribution in [3.05, 3.63) is 23.9 Å². The molecule has 2 nitrogen and oxygen atoms in total. The normalized spacial score (nSPS) is 12.3. The van der Waals surface area contributed by atoms with Crippen molar-refractivity contribution in [1.82, 2.24) is 5.32 Å². The number of unbranched alkanes of at least 4 members (excludes halogenated alkanes) is 1. The molecule has 0 saturated carbocycles. The molecule has 0 radical (unpaired) electrons. The number of aliphatic imine (C=N–C) groups is 1. The molecule has 0 heterocycles. The summed E-state index contributed by atoms with van der Waals surface area (Å²) in [5, 5.41) is 3.36. The average molecular weight is 180 g/mol. The molecule has 0 aromatic rings. The van der Waals surface area contributed by atoms with Gasteiger partial charge in [-0.15, -0.1) is 0 Å². The molecule has 0 aliphatic rings. The minimum atomic E-state index is 0.919. The molecule has 0 aromatic carbocycles. The van der Waals surface area contributed by atoms with Gasteiger partial charge in [0.05, 0.1) is 0 Å². The quantitative estimate of drug-likeness (QED) is 0.363. The smallest absolute Gasteiger partial charge is 0.0263 e. The van der Waals surface area contributed by atoms with Crippen molar-refractivity contribution in [2.45, 2.75) is 26.7 Å². The van der Waals surface area contributed by atoms with Gasteiger partial charge in [-0.3, -0.25) is 4.99 Å². The van der Waals surface area contributed by atoms with Gasteiger partial charge in [-0.05, 0) is 38.3 Å². The van der Waals surface area contributed by atoms with Crippen LogP contribution in [0.1, 0.15) is 26.7 Å². The second-order valence-electron chi connectivity index (χ2n) is 2.89. The maximum atomic E-state index is 3.67. The highest BCUT2D eigenvalue weighted by molar-refractivity contribution is 5.28. The van der Waals surface area contributed by atoms with Gasteiger partial charge in [0.25, 0.3) is 0 Å². The fourth-order valence-electron chi connectivity index (χ4n) is 0.940. The van der Waals surface area contributed by atoms with Crippen molar-refractivity contribution < 1.29 is 0 Å². The predicted octanol–water partition coefficient (Wildman–Crippen LogP) is 2.54. The molecular formula is C11H20N2. The minimum absolute atomic E-state index is 0.919. The number of hydrogen-bond donors (Lipinski definition) is 1. The number of allylic oxidation sites excluding steroid dienone is 1. The molecule has 0 rings (SSSR count). The highest BCUT2D eigenvalue weighted by Crippen LogP contribution is 1.95. The van der Waals surface area contributed by atoms with Gasteiger partial charge >= 0.3 is 0 Å². The van der Waals surface area contributed by atoms with Crippen LogP contribution in [0.25, 0.3) is 0 Å². The lowest BCUT2D eigenvalue weighted by Crippen LogP contribution is -2.17. The van der Waals surface area contributed by atoms with E-state index in [9.17, 15) is 0 Å². The van der Waals surface area contributed by atoms with E-state index < -0.39 is 0 Å². The van der Waals surface area contributed by atoms with Crippen LogP contribution in [0.3, 0.4) is 0 Å². The molecule has 0 saturated heterocycles. The van der Waals surface area contributed by atoms with E-state index >= 15 is 0 Å². The first-order valence-corrected chi connectivity index (χ1v) is 4.83. The fraction of sp³-hybridized carbons (Fsp3) is 0.545. The summed E-state index contributed by atoms with van der Waals surface area (Å²) in [6, 6.07) is 0. The average Bonchev–Trinajstić information content (AvgIpc) is 2.17. The molecule has 0 unspecified atom stereocenters. The Bertz CT molecular complexity index is 181. The van der Waals surface area contributed by atoms with Crippen LogP contribution in [0.2, 0.25) is 0 Å². The molecule has 13 heavy (non-hydrogen) atoms. The summed E-state index contributed by atoms with van der Waals surface area (Å²) in [6.45, 7) is 9.62. The highest BCUT2D eigenvalue weighted by Gasteiger charge is 1.89. The van der Waals surface area contributed by atoms with Gasteiger partial charge in [0, 0.05) is 12.7 Å². The van der Waals surface area contributed by atoms with Gasteiger partial charge in [-0.1, -0.05) is 19.4 Å². The van der Waals surface area contributed by atoms with Crippen LogP contribution in [0.5, 0.6) is 0 Å². The maximum Gasteiger partial charge on any atom is 0.0263 e. The van der Waals surface area contributed by atoms with Gasteiger partial charge < -0.3 is 5.32 Å². The van der Waals surface area contributed by atoms with Gasteiger partial charge in [-0.2, -0.15) is 0 Å². The second-order valence-corrected chi connectivity index (χ2v) is 2.89. The zero-order valence-electron chi connectivity index (χ0n) is 8.71. The van der Waals surface area contributed by atoms with Gasteiger partial charge in [0.2, 0.25) is 0 Å². The SMILES string of the molecule is C=NC=CC(=CC)CNCCCC. The molecule has 1 N–H and O–H groups in total. The number of hydrogen-bond acceptors (Lipinski definition) is 2. The van der Waals surface area contributed by atoms with E-state index in [2.05, 4.69) is 30.0 Å². The van der Waals surface area contributed by atoms with E-state index in [-0.39, 0.29) is 0 Å². The van der Waals surface area contributed by atoms with E-state index in [1.165, 1.54) is 18.4 Å². The molecule has 0 aliphatic heterocycles. The molecule has 0 bridgehead atoms. The first-order chi connectivity index (χ1) is 6.35. The fourth-order valence-corrected chi connectivity index (χ4v) is 0.940. The third-order valence-corrected chi connectivity index (χ3v) is 1.80. The Hall–Kier alpha value is -0.890. The highest BCUT2D eigenvalue weighted by atomic mass is 14.8. The summed E-state index contributed by atoms with van der Waals surface area (Å²) in [4.78, 5) is 3.67. The van der Waals surface area contributed by atoms with Crippen molar-refractivity contribution in [3.8, 4) is 0 Å². The van der Waals surface area contributed by atoms with E-state index in [0.29, 0.717) is 0 Å². The topological polar surface area (TPSA) is 24.4 Å².